The first kappa shape index (κ1) is 15.0. The lowest BCUT2D eigenvalue weighted by atomic mass is 9.73. The van der Waals surface area contributed by atoms with Crippen LogP contribution < -0.4 is 10.1 Å². The Morgan fingerprint density at radius 3 is 2.30 bits per heavy atom. The minimum Gasteiger partial charge on any atom is -0.484 e. The lowest BCUT2D eigenvalue weighted by Crippen LogP contribution is -2.37. The van der Waals surface area contributed by atoms with Crippen LogP contribution in [-0.4, -0.2) is 18.8 Å². The molecule has 1 N–H and O–H groups in total. The predicted molar refractivity (Wildman–Crippen MR) is 73.0 cm³/mol. The van der Waals surface area contributed by atoms with E-state index in [1.807, 2.05) is 0 Å². The normalized spacial score (nSPS) is 22.5. The lowest BCUT2D eigenvalue weighted by molar-refractivity contribution is -0.153. The lowest BCUT2D eigenvalue weighted by Gasteiger charge is -2.39. The van der Waals surface area contributed by atoms with Gasteiger partial charge in [-0.1, -0.05) is 13.8 Å². The van der Waals surface area contributed by atoms with Crippen LogP contribution in [0.5, 0.6) is 5.75 Å². The van der Waals surface area contributed by atoms with Gasteiger partial charge in [-0.3, -0.25) is 0 Å². The van der Waals surface area contributed by atoms with E-state index >= 15 is 0 Å². The first-order chi connectivity index (χ1) is 9.33. The fourth-order valence-electron chi connectivity index (χ4n) is 2.37. The summed E-state index contributed by atoms with van der Waals surface area (Å²) in [5.74, 6) is 1.73. The highest BCUT2D eigenvalue weighted by Gasteiger charge is 2.31. The third-order valence-electron chi connectivity index (χ3n) is 3.74. The molecule has 1 fully saturated rings. The second-order valence-corrected chi connectivity index (χ2v) is 5.74. The van der Waals surface area contributed by atoms with Gasteiger partial charge in [0.15, 0.2) is 6.61 Å². The highest BCUT2D eigenvalue weighted by Crippen LogP contribution is 2.35. The van der Waals surface area contributed by atoms with Crippen molar-refractivity contribution in [2.24, 2.45) is 11.8 Å². The van der Waals surface area contributed by atoms with E-state index in [2.05, 4.69) is 23.9 Å². The molecule has 2 nitrogen and oxygen atoms in total. The van der Waals surface area contributed by atoms with Crippen molar-refractivity contribution in [3.05, 3.63) is 24.3 Å². The molecular formula is C15H20F3NO. The average Bonchev–Trinajstić information content (AvgIpc) is 2.30. The summed E-state index contributed by atoms with van der Waals surface area (Å²) in [7, 11) is 0. The number of anilines is 1. The highest BCUT2D eigenvalue weighted by molar-refractivity contribution is 5.47. The topological polar surface area (TPSA) is 21.3 Å². The number of hydrogen-bond acceptors (Lipinski definition) is 2. The van der Waals surface area contributed by atoms with Crippen LogP contribution in [0.4, 0.5) is 18.9 Å². The van der Waals surface area contributed by atoms with E-state index in [9.17, 15) is 13.2 Å². The molecule has 0 aliphatic heterocycles. The Hall–Kier alpha value is -1.39. The van der Waals surface area contributed by atoms with Crippen LogP contribution >= 0.6 is 0 Å². The van der Waals surface area contributed by atoms with E-state index in [-0.39, 0.29) is 5.75 Å². The summed E-state index contributed by atoms with van der Waals surface area (Å²) in [5.41, 5.74) is 0.927. The van der Waals surface area contributed by atoms with Gasteiger partial charge in [0.25, 0.3) is 0 Å². The molecule has 0 aromatic heterocycles. The second kappa shape index (κ2) is 5.94. The Morgan fingerprint density at radius 1 is 1.20 bits per heavy atom. The van der Waals surface area contributed by atoms with Gasteiger partial charge in [0, 0.05) is 11.7 Å². The third-order valence-corrected chi connectivity index (χ3v) is 3.74. The second-order valence-electron chi connectivity index (χ2n) is 5.74. The Morgan fingerprint density at radius 2 is 1.80 bits per heavy atom. The number of benzene rings is 1. The molecule has 0 saturated heterocycles. The van der Waals surface area contributed by atoms with E-state index in [4.69, 9.17) is 0 Å². The number of alkyl halides is 3. The molecule has 0 radical (unpaired) electrons. The summed E-state index contributed by atoms with van der Waals surface area (Å²) >= 11 is 0. The molecule has 5 heteroatoms. The first-order valence-corrected chi connectivity index (χ1v) is 6.89. The molecule has 2 rings (SSSR count). The maximum atomic E-state index is 12.0. The number of rotatable bonds is 5. The smallest absolute Gasteiger partial charge is 0.422 e. The van der Waals surface area contributed by atoms with E-state index in [1.165, 1.54) is 0 Å². The summed E-state index contributed by atoms with van der Waals surface area (Å²) < 4.78 is 40.7. The summed E-state index contributed by atoms with van der Waals surface area (Å²) in [6.45, 7) is 3.21. The number of hydrogen-bond donors (Lipinski definition) is 1. The van der Waals surface area contributed by atoms with E-state index < -0.39 is 12.8 Å². The fourth-order valence-corrected chi connectivity index (χ4v) is 2.37. The van der Waals surface area contributed by atoms with Crippen LogP contribution in [0.25, 0.3) is 0 Å². The van der Waals surface area contributed by atoms with E-state index in [0.717, 1.165) is 24.4 Å². The number of halogens is 3. The van der Waals surface area contributed by atoms with Crippen LogP contribution in [0.2, 0.25) is 0 Å². The standard InChI is InChI=1S/C15H20F3NO/c1-10(2)11-7-13(8-11)19-12-3-5-14(6-4-12)20-9-15(16,17)18/h3-6,10-11,13,19H,7-9H2,1-2H3. The largest absolute Gasteiger partial charge is 0.484 e. The maximum Gasteiger partial charge on any atom is 0.422 e. The summed E-state index contributed by atoms with van der Waals surface area (Å²) in [5, 5.41) is 3.38. The minimum atomic E-state index is -4.30. The van der Waals surface area contributed by atoms with Crippen LogP contribution in [0.15, 0.2) is 24.3 Å². The van der Waals surface area contributed by atoms with E-state index in [0.29, 0.717) is 12.0 Å². The minimum absolute atomic E-state index is 0.238. The van der Waals surface area contributed by atoms with Gasteiger partial charge in [0.05, 0.1) is 0 Å². The first-order valence-electron chi connectivity index (χ1n) is 6.89. The quantitative estimate of drug-likeness (QED) is 0.862. The van der Waals surface area contributed by atoms with E-state index in [1.54, 1.807) is 24.3 Å². The van der Waals surface area contributed by atoms with Gasteiger partial charge < -0.3 is 10.1 Å². The van der Waals surface area contributed by atoms with Gasteiger partial charge in [-0.05, 0) is 48.9 Å². The van der Waals surface area contributed by atoms with Crippen LogP contribution in [0.1, 0.15) is 26.7 Å². The summed E-state index contributed by atoms with van der Waals surface area (Å²) in [6, 6.07) is 7.12. The molecule has 20 heavy (non-hydrogen) atoms. The zero-order valence-corrected chi connectivity index (χ0v) is 11.7. The van der Waals surface area contributed by atoms with Crippen molar-refractivity contribution >= 4 is 5.69 Å². The van der Waals surface area contributed by atoms with Crippen molar-refractivity contribution in [2.45, 2.75) is 38.9 Å². The molecule has 1 aliphatic rings. The van der Waals surface area contributed by atoms with Gasteiger partial charge in [-0.2, -0.15) is 13.2 Å². The molecule has 0 atom stereocenters. The molecule has 1 saturated carbocycles. The molecule has 0 unspecified atom stereocenters. The zero-order chi connectivity index (χ0) is 14.8. The van der Waals surface area contributed by atoms with Gasteiger partial charge in [-0.25, -0.2) is 0 Å². The Bertz CT molecular complexity index is 422. The molecule has 1 aliphatic carbocycles. The Balaban J connectivity index is 1.78. The van der Waals surface area contributed by atoms with Crippen molar-refractivity contribution in [3.63, 3.8) is 0 Å². The molecule has 1 aromatic rings. The molecular weight excluding hydrogens is 267 g/mol. The Kier molecular flexibility index (Phi) is 4.45. The zero-order valence-electron chi connectivity index (χ0n) is 11.7. The summed E-state index contributed by atoms with van der Waals surface area (Å²) in [6.07, 6.45) is -1.98. The van der Waals surface area contributed by atoms with Crippen LogP contribution in [0.3, 0.4) is 0 Å². The average molecular weight is 287 g/mol. The van der Waals surface area contributed by atoms with Crippen LogP contribution in [-0.2, 0) is 0 Å². The maximum absolute atomic E-state index is 12.0. The van der Waals surface area contributed by atoms with Gasteiger partial charge in [0.1, 0.15) is 5.75 Å². The van der Waals surface area contributed by atoms with Gasteiger partial charge in [-0.15, -0.1) is 0 Å². The molecule has 1 aromatic carbocycles. The Labute approximate surface area is 117 Å². The van der Waals surface area contributed by atoms with Crippen molar-refractivity contribution < 1.29 is 17.9 Å². The summed E-state index contributed by atoms with van der Waals surface area (Å²) in [4.78, 5) is 0. The highest BCUT2D eigenvalue weighted by atomic mass is 19.4. The number of ether oxygens (including phenoxy) is 1. The van der Waals surface area contributed by atoms with Crippen molar-refractivity contribution in [2.75, 3.05) is 11.9 Å². The van der Waals surface area contributed by atoms with Crippen molar-refractivity contribution in [1.82, 2.24) is 0 Å². The number of nitrogens with one attached hydrogen (secondary N) is 1. The molecule has 0 heterocycles. The molecule has 0 amide bonds. The molecule has 0 bridgehead atoms. The molecule has 0 spiro atoms. The molecule has 112 valence electrons. The predicted octanol–water partition coefficient (Wildman–Crippen LogP) is 4.47. The third kappa shape index (κ3) is 4.32. The monoisotopic (exact) mass is 287 g/mol. The van der Waals surface area contributed by atoms with Crippen molar-refractivity contribution in [1.29, 1.82) is 0 Å². The van der Waals surface area contributed by atoms with Gasteiger partial charge in [0.2, 0.25) is 0 Å². The SMILES string of the molecule is CC(C)C1CC(Nc2ccc(OCC(F)(F)F)cc2)C1. The van der Waals surface area contributed by atoms with Gasteiger partial charge >= 0.3 is 6.18 Å². The van der Waals surface area contributed by atoms with Crippen LogP contribution in [0, 0.1) is 11.8 Å². The fraction of sp³-hybridized carbons (Fsp3) is 0.600. The van der Waals surface area contributed by atoms with Crippen molar-refractivity contribution in [3.8, 4) is 5.75 Å².